The van der Waals surface area contributed by atoms with Crippen LogP contribution in [0.1, 0.15) is 11.3 Å². The highest BCUT2D eigenvalue weighted by atomic mass is 32.2. The lowest BCUT2D eigenvalue weighted by molar-refractivity contribution is -0.118. The fourth-order valence-electron chi connectivity index (χ4n) is 1.99. The lowest BCUT2D eigenvalue weighted by atomic mass is 10.2. The van der Waals surface area contributed by atoms with Crippen LogP contribution in [0.15, 0.2) is 52.5 Å². The Labute approximate surface area is 147 Å². The van der Waals surface area contributed by atoms with Gasteiger partial charge in [0, 0.05) is 28.6 Å². The van der Waals surface area contributed by atoms with Gasteiger partial charge in [-0.1, -0.05) is 30.3 Å². The summed E-state index contributed by atoms with van der Waals surface area (Å²) in [5, 5.41) is 10.2. The van der Waals surface area contributed by atoms with E-state index in [-0.39, 0.29) is 5.91 Å². The molecule has 118 valence electrons. The van der Waals surface area contributed by atoms with Crippen LogP contribution in [0, 0.1) is 0 Å². The number of rotatable bonds is 7. The number of benzene rings is 1. The Morgan fingerprint density at radius 3 is 2.83 bits per heavy atom. The van der Waals surface area contributed by atoms with Crippen molar-refractivity contribution in [2.45, 2.75) is 12.3 Å². The van der Waals surface area contributed by atoms with E-state index in [0.717, 1.165) is 22.0 Å². The van der Waals surface area contributed by atoms with Gasteiger partial charge in [0.2, 0.25) is 5.91 Å². The quantitative estimate of drug-likeness (QED) is 0.678. The van der Waals surface area contributed by atoms with Gasteiger partial charge in [0.05, 0.1) is 11.4 Å². The van der Waals surface area contributed by atoms with Gasteiger partial charge in [0.25, 0.3) is 0 Å². The molecule has 0 saturated carbocycles. The van der Waals surface area contributed by atoms with Gasteiger partial charge in [-0.05, 0) is 17.0 Å². The second-order valence-corrected chi connectivity index (χ2v) is 7.53. The maximum Gasteiger partial charge on any atom is 0.230 e. The van der Waals surface area contributed by atoms with Gasteiger partial charge < -0.3 is 5.32 Å². The topological polar surface area (TPSA) is 42.0 Å². The van der Waals surface area contributed by atoms with Crippen LogP contribution in [0.2, 0.25) is 0 Å². The van der Waals surface area contributed by atoms with Gasteiger partial charge in [-0.2, -0.15) is 11.3 Å². The van der Waals surface area contributed by atoms with Crippen molar-refractivity contribution in [1.29, 1.82) is 0 Å². The zero-order chi connectivity index (χ0) is 15.9. The van der Waals surface area contributed by atoms with E-state index in [1.165, 1.54) is 5.56 Å². The minimum Gasteiger partial charge on any atom is -0.351 e. The van der Waals surface area contributed by atoms with Crippen molar-refractivity contribution in [2.24, 2.45) is 0 Å². The van der Waals surface area contributed by atoms with Crippen LogP contribution in [0.4, 0.5) is 0 Å². The van der Waals surface area contributed by atoms with Gasteiger partial charge in [0.15, 0.2) is 0 Å². The number of aromatic nitrogens is 1. The zero-order valence-electron chi connectivity index (χ0n) is 12.4. The van der Waals surface area contributed by atoms with Crippen molar-refractivity contribution in [3.63, 3.8) is 0 Å². The van der Waals surface area contributed by atoms with Crippen molar-refractivity contribution in [1.82, 2.24) is 10.3 Å². The van der Waals surface area contributed by atoms with Crippen molar-refractivity contribution < 1.29 is 4.79 Å². The van der Waals surface area contributed by atoms with E-state index in [2.05, 4.69) is 32.5 Å². The molecule has 3 aromatic rings. The molecule has 1 N–H and O–H groups in total. The van der Waals surface area contributed by atoms with Crippen molar-refractivity contribution >= 4 is 40.3 Å². The van der Waals surface area contributed by atoms with E-state index in [9.17, 15) is 4.79 Å². The average molecular weight is 361 g/mol. The fraction of sp³-hybridized carbons (Fsp3) is 0.176. The highest BCUT2D eigenvalue weighted by molar-refractivity contribution is 7.99. The molecule has 2 heterocycles. The van der Waals surface area contributed by atoms with Gasteiger partial charge in [0.1, 0.15) is 5.01 Å². The molecule has 0 radical (unpaired) electrons. The fourth-order valence-corrected chi connectivity index (χ4v) is 4.37. The number of nitrogens with zero attached hydrogens (tertiary/aromatic N) is 1. The summed E-state index contributed by atoms with van der Waals surface area (Å²) >= 11 is 4.93. The number of carbonyl (C=O) groups excluding carboxylic acids is 1. The summed E-state index contributed by atoms with van der Waals surface area (Å²) in [7, 11) is 0. The predicted molar refractivity (Wildman–Crippen MR) is 99.9 cm³/mol. The van der Waals surface area contributed by atoms with Gasteiger partial charge in [-0.15, -0.1) is 23.1 Å². The molecular formula is C17H16N2OS3. The van der Waals surface area contributed by atoms with Gasteiger partial charge in [-0.25, -0.2) is 4.98 Å². The Hall–Kier alpha value is -1.63. The number of amides is 1. The normalized spacial score (nSPS) is 10.6. The summed E-state index contributed by atoms with van der Waals surface area (Å²) in [5.74, 6) is 1.28. The number of hydrogen-bond donors (Lipinski definition) is 1. The Morgan fingerprint density at radius 1 is 1.17 bits per heavy atom. The van der Waals surface area contributed by atoms with E-state index in [1.54, 1.807) is 34.4 Å². The summed E-state index contributed by atoms with van der Waals surface area (Å²) < 4.78 is 0. The lowest BCUT2D eigenvalue weighted by Gasteiger charge is -2.04. The number of nitrogens with one attached hydrogen (secondary N) is 1. The third-order valence-corrected chi connectivity index (χ3v) is 5.73. The first-order valence-corrected chi connectivity index (χ1v) is 10.1. The molecule has 23 heavy (non-hydrogen) atoms. The van der Waals surface area contributed by atoms with Crippen LogP contribution in [-0.4, -0.2) is 16.6 Å². The third-order valence-electron chi connectivity index (χ3n) is 3.14. The van der Waals surface area contributed by atoms with Crippen molar-refractivity contribution in [2.75, 3.05) is 5.75 Å². The van der Waals surface area contributed by atoms with Crippen molar-refractivity contribution in [3.8, 4) is 10.6 Å². The first-order valence-electron chi connectivity index (χ1n) is 7.16. The molecule has 0 fully saturated rings. The Balaban J connectivity index is 1.40. The molecule has 3 rings (SSSR count). The first-order chi connectivity index (χ1) is 11.3. The summed E-state index contributed by atoms with van der Waals surface area (Å²) in [5.41, 5.74) is 3.33. The smallest absolute Gasteiger partial charge is 0.230 e. The molecule has 0 unspecified atom stereocenters. The van der Waals surface area contributed by atoms with E-state index >= 15 is 0 Å². The summed E-state index contributed by atoms with van der Waals surface area (Å²) in [6.07, 6.45) is 0. The first kappa shape index (κ1) is 16.2. The van der Waals surface area contributed by atoms with E-state index in [1.807, 2.05) is 30.3 Å². The molecule has 0 spiro atoms. The summed E-state index contributed by atoms with van der Waals surface area (Å²) in [6.45, 7) is 0.583. The summed E-state index contributed by atoms with van der Waals surface area (Å²) in [4.78, 5) is 16.5. The monoisotopic (exact) mass is 360 g/mol. The third kappa shape index (κ3) is 4.92. The van der Waals surface area contributed by atoms with Crippen LogP contribution >= 0.6 is 34.4 Å². The Morgan fingerprint density at radius 2 is 2.04 bits per heavy atom. The van der Waals surface area contributed by atoms with Crippen LogP contribution in [0.3, 0.4) is 0 Å². The molecule has 0 atom stereocenters. The molecule has 0 bridgehead atoms. The number of carbonyl (C=O) groups is 1. The maximum atomic E-state index is 11.9. The van der Waals surface area contributed by atoms with E-state index < -0.39 is 0 Å². The minimum atomic E-state index is 0.0622. The Kier molecular flexibility index (Phi) is 5.85. The molecule has 0 aliphatic rings. The molecule has 2 aromatic heterocycles. The summed E-state index contributed by atoms with van der Waals surface area (Å²) in [6, 6.07) is 12.0. The maximum absolute atomic E-state index is 11.9. The minimum absolute atomic E-state index is 0.0622. The Bertz CT molecular complexity index is 738. The van der Waals surface area contributed by atoms with Crippen LogP contribution in [-0.2, 0) is 17.1 Å². The number of hydrogen-bond acceptors (Lipinski definition) is 5. The largest absolute Gasteiger partial charge is 0.351 e. The van der Waals surface area contributed by atoms with Crippen molar-refractivity contribution in [3.05, 3.63) is 63.8 Å². The number of thiazole rings is 1. The molecule has 0 aliphatic heterocycles. The van der Waals surface area contributed by atoms with Crippen LogP contribution < -0.4 is 5.32 Å². The number of thioether (sulfide) groups is 1. The lowest BCUT2D eigenvalue weighted by Crippen LogP contribution is -2.24. The second-order valence-electron chi connectivity index (χ2n) is 4.91. The molecule has 3 nitrogen and oxygen atoms in total. The number of thiophene rings is 1. The van der Waals surface area contributed by atoms with E-state index in [4.69, 9.17) is 0 Å². The molecule has 1 amide bonds. The predicted octanol–water partition coefficient (Wildman–Crippen LogP) is 4.42. The van der Waals surface area contributed by atoms with Gasteiger partial charge in [-0.3, -0.25) is 4.79 Å². The molecule has 0 saturated heterocycles. The highest BCUT2D eigenvalue weighted by Gasteiger charge is 2.07. The molecule has 0 aliphatic carbocycles. The van der Waals surface area contributed by atoms with Crippen LogP contribution in [0.25, 0.3) is 10.6 Å². The average Bonchev–Trinajstić information content (AvgIpc) is 3.25. The van der Waals surface area contributed by atoms with Crippen LogP contribution in [0.5, 0.6) is 0 Å². The second kappa shape index (κ2) is 8.29. The molecule has 6 heteroatoms. The van der Waals surface area contributed by atoms with E-state index in [0.29, 0.717) is 12.3 Å². The standard InChI is InChI=1S/C17H16N2OS3/c20-16(18-8-13-4-2-1-3-5-13)12-22-10-15-11-23-17(19-15)14-6-7-21-9-14/h1-7,9,11H,8,10,12H2,(H,18,20). The zero-order valence-corrected chi connectivity index (χ0v) is 14.8. The SMILES string of the molecule is O=C(CSCc1csc(-c2ccsc2)n1)NCc1ccccc1. The molecule has 1 aromatic carbocycles. The molecular weight excluding hydrogens is 344 g/mol. The highest BCUT2D eigenvalue weighted by Crippen LogP contribution is 2.27. The van der Waals surface area contributed by atoms with Gasteiger partial charge >= 0.3 is 0 Å².